The average Bonchev–Trinajstić information content (AvgIpc) is 2.69. The topological polar surface area (TPSA) is 86.7 Å². The van der Waals surface area contributed by atoms with E-state index in [-0.39, 0.29) is 35.1 Å². The van der Waals surface area contributed by atoms with Gasteiger partial charge in [-0.3, -0.25) is 4.79 Å². The molecule has 0 spiro atoms. The van der Waals surface area contributed by atoms with E-state index in [0.29, 0.717) is 5.92 Å². The molecule has 28 heavy (non-hydrogen) atoms. The molecule has 1 amide bonds. The highest BCUT2D eigenvalue weighted by molar-refractivity contribution is 7.91. The molecular formula is C21H32N2O4S. The minimum absolute atomic E-state index is 0.00239. The van der Waals surface area contributed by atoms with E-state index in [4.69, 9.17) is 0 Å². The number of nitrogens with zero attached hydrogens (tertiary/aromatic N) is 1. The molecule has 2 fully saturated rings. The summed E-state index contributed by atoms with van der Waals surface area (Å²) in [6.07, 6.45) is 5.74. The number of likely N-dealkylation sites (tertiary alicyclic amines) is 1. The van der Waals surface area contributed by atoms with E-state index in [1.165, 1.54) is 6.42 Å². The van der Waals surface area contributed by atoms with Gasteiger partial charge in [0.2, 0.25) is 5.91 Å². The number of sulfone groups is 1. The van der Waals surface area contributed by atoms with Crippen molar-refractivity contribution in [1.82, 2.24) is 10.2 Å². The fourth-order valence-electron chi connectivity index (χ4n) is 4.33. The Kier molecular flexibility index (Phi) is 7.48. The van der Waals surface area contributed by atoms with Crippen LogP contribution >= 0.6 is 0 Å². The maximum absolute atomic E-state index is 12.3. The van der Waals surface area contributed by atoms with Crippen LogP contribution in [0.15, 0.2) is 35.2 Å². The molecule has 0 unspecified atom stereocenters. The first-order valence-corrected chi connectivity index (χ1v) is 12.1. The third-order valence-corrected chi connectivity index (χ3v) is 7.65. The smallest absolute Gasteiger partial charge is 0.221 e. The van der Waals surface area contributed by atoms with Crippen molar-refractivity contribution in [3.05, 3.63) is 30.3 Å². The average molecular weight is 409 g/mol. The molecule has 1 aromatic carbocycles. The Morgan fingerprint density at radius 3 is 2.54 bits per heavy atom. The SMILES string of the molecule is O=C(CCS(=O)(=O)c1ccccc1)N[C@H]1CCC[C@@H](CN2CCC(O)CC2)C1. The van der Waals surface area contributed by atoms with Gasteiger partial charge in [-0.1, -0.05) is 24.6 Å². The molecule has 2 aliphatic rings. The van der Waals surface area contributed by atoms with E-state index in [1.807, 2.05) is 0 Å². The summed E-state index contributed by atoms with van der Waals surface area (Å²) < 4.78 is 24.6. The molecule has 0 radical (unpaired) electrons. The number of amides is 1. The molecule has 1 aliphatic carbocycles. The highest BCUT2D eigenvalue weighted by atomic mass is 32.2. The van der Waals surface area contributed by atoms with Crippen molar-refractivity contribution < 1.29 is 18.3 Å². The summed E-state index contributed by atoms with van der Waals surface area (Å²) in [4.78, 5) is 15.0. The van der Waals surface area contributed by atoms with Crippen molar-refractivity contribution in [1.29, 1.82) is 0 Å². The van der Waals surface area contributed by atoms with Crippen molar-refractivity contribution in [2.75, 3.05) is 25.4 Å². The highest BCUT2D eigenvalue weighted by Crippen LogP contribution is 2.26. The quantitative estimate of drug-likeness (QED) is 0.720. The van der Waals surface area contributed by atoms with Gasteiger partial charge in [-0.15, -0.1) is 0 Å². The first-order valence-electron chi connectivity index (χ1n) is 10.4. The molecule has 156 valence electrons. The van der Waals surface area contributed by atoms with Gasteiger partial charge in [0, 0.05) is 32.1 Å². The minimum atomic E-state index is -3.42. The van der Waals surface area contributed by atoms with Gasteiger partial charge in [-0.2, -0.15) is 0 Å². The van der Waals surface area contributed by atoms with Crippen LogP contribution in [0.1, 0.15) is 44.9 Å². The molecule has 7 heteroatoms. The number of carbonyl (C=O) groups is 1. The van der Waals surface area contributed by atoms with Crippen LogP contribution in [0.3, 0.4) is 0 Å². The summed E-state index contributed by atoms with van der Waals surface area (Å²) in [5, 5.41) is 12.7. The second-order valence-corrected chi connectivity index (χ2v) is 10.3. The summed E-state index contributed by atoms with van der Waals surface area (Å²) >= 11 is 0. The van der Waals surface area contributed by atoms with Crippen LogP contribution in [0.25, 0.3) is 0 Å². The third kappa shape index (κ3) is 6.29. The Balaban J connectivity index is 1.42. The van der Waals surface area contributed by atoms with Gasteiger partial charge in [0.1, 0.15) is 0 Å². The van der Waals surface area contributed by atoms with Crippen molar-refractivity contribution in [2.45, 2.75) is 62.0 Å². The van der Waals surface area contributed by atoms with E-state index in [2.05, 4.69) is 10.2 Å². The molecular weight excluding hydrogens is 376 g/mol. The second kappa shape index (κ2) is 9.85. The molecule has 1 aliphatic heterocycles. The van der Waals surface area contributed by atoms with E-state index >= 15 is 0 Å². The van der Waals surface area contributed by atoms with Gasteiger partial charge >= 0.3 is 0 Å². The lowest BCUT2D eigenvalue weighted by Crippen LogP contribution is -2.43. The predicted octanol–water partition coefficient (Wildman–Crippen LogP) is 1.98. The summed E-state index contributed by atoms with van der Waals surface area (Å²) in [5.41, 5.74) is 0. The number of hydrogen-bond acceptors (Lipinski definition) is 5. The number of benzene rings is 1. The van der Waals surface area contributed by atoms with Crippen LogP contribution in [0, 0.1) is 5.92 Å². The molecule has 3 rings (SSSR count). The molecule has 0 bridgehead atoms. The Bertz CT molecular complexity index is 730. The molecule has 2 atom stereocenters. The van der Waals surface area contributed by atoms with Crippen molar-refractivity contribution in [2.24, 2.45) is 5.92 Å². The lowest BCUT2D eigenvalue weighted by Gasteiger charge is -2.36. The maximum atomic E-state index is 12.3. The molecule has 6 nitrogen and oxygen atoms in total. The number of hydrogen-bond donors (Lipinski definition) is 2. The van der Waals surface area contributed by atoms with Crippen LogP contribution in [0.4, 0.5) is 0 Å². The van der Waals surface area contributed by atoms with Gasteiger partial charge in [-0.05, 0) is 50.2 Å². The Hall–Kier alpha value is -1.44. The van der Waals surface area contributed by atoms with Gasteiger partial charge in [0.15, 0.2) is 9.84 Å². The third-order valence-electron chi connectivity index (χ3n) is 5.92. The lowest BCUT2D eigenvalue weighted by molar-refractivity contribution is -0.121. The Labute approximate surface area is 168 Å². The molecule has 1 heterocycles. The van der Waals surface area contributed by atoms with Crippen molar-refractivity contribution in [3.63, 3.8) is 0 Å². The summed E-state index contributed by atoms with van der Waals surface area (Å²) in [6.45, 7) is 2.93. The normalized spacial score (nSPS) is 24.8. The predicted molar refractivity (Wildman–Crippen MR) is 109 cm³/mol. The number of nitrogens with one attached hydrogen (secondary N) is 1. The van der Waals surface area contributed by atoms with E-state index in [1.54, 1.807) is 30.3 Å². The zero-order valence-electron chi connectivity index (χ0n) is 16.4. The van der Waals surface area contributed by atoms with E-state index in [9.17, 15) is 18.3 Å². The number of aliphatic hydroxyl groups is 1. The minimum Gasteiger partial charge on any atom is -0.393 e. The first-order chi connectivity index (χ1) is 13.4. The van der Waals surface area contributed by atoms with E-state index in [0.717, 1.165) is 51.7 Å². The summed E-state index contributed by atoms with van der Waals surface area (Å²) in [6, 6.07) is 8.44. The fourth-order valence-corrected chi connectivity index (χ4v) is 5.59. The summed E-state index contributed by atoms with van der Waals surface area (Å²) in [7, 11) is -3.42. The van der Waals surface area contributed by atoms with Crippen LogP contribution < -0.4 is 5.32 Å². The second-order valence-electron chi connectivity index (χ2n) is 8.21. The lowest BCUT2D eigenvalue weighted by atomic mass is 9.85. The molecule has 1 saturated heterocycles. The molecule has 1 aromatic rings. The number of piperidine rings is 1. The zero-order chi connectivity index (χ0) is 20.0. The number of rotatable bonds is 7. The van der Waals surface area contributed by atoms with Gasteiger partial charge in [-0.25, -0.2) is 8.42 Å². The van der Waals surface area contributed by atoms with Gasteiger partial charge < -0.3 is 15.3 Å². The monoisotopic (exact) mass is 408 g/mol. The molecule has 2 N–H and O–H groups in total. The van der Waals surface area contributed by atoms with Crippen molar-refractivity contribution in [3.8, 4) is 0 Å². The Morgan fingerprint density at radius 2 is 1.82 bits per heavy atom. The maximum Gasteiger partial charge on any atom is 0.221 e. The standard InChI is InChI=1S/C21H32N2O4S/c24-19-9-12-23(13-10-19)16-17-5-4-6-18(15-17)22-21(25)11-14-28(26,27)20-7-2-1-3-8-20/h1-3,7-8,17-19,24H,4-6,9-16H2,(H,22,25)/t17-,18+/m1/s1. The van der Waals surface area contributed by atoms with Crippen molar-refractivity contribution >= 4 is 15.7 Å². The van der Waals surface area contributed by atoms with E-state index < -0.39 is 9.84 Å². The molecule has 0 aromatic heterocycles. The van der Waals surface area contributed by atoms with Gasteiger partial charge in [0.05, 0.1) is 16.8 Å². The molecule has 1 saturated carbocycles. The first kappa shape index (κ1) is 21.3. The van der Waals surface area contributed by atoms with Crippen LogP contribution in [-0.2, 0) is 14.6 Å². The largest absolute Gasteiger partial charge is 0.393 e. The number of aliphatic hydroxyl groups excluding tert-OH is 1. The Morgan fingerprint density at radius 1 is 1.11 bits per heavy atom. The zero-order valence-corrected chi connectivity index (χ0v) is 17.2. The van der Waals surface area contributed by atoms with Crippen LogP contribution in [-0.4, -0.2) is 61.9 Å². The van der Waals surface area contributed by atoms with Crippen LogP contribution in [0.5, 0.6) is 0 Å². The highest BCUT2D eigenvalue weighted by Gasteiger charge is 2.27. The van der Waals surface area contributed by atoms with Gasteiger partial charge in [0.25, 0.3) is 0 Å². The number of carbonyl (C=O) groups excluding carboxylic acids is 1. The summed E-state index contributed by atoms with van der Waals surface area (Å²) in [5.74, 6) is 0.225. The fraction of sp³-hybridized carbons (Fsp3) is 0.667. The van der Waals surface area contributed by atoms with Crippen LogP contribution in [0.2, 0.25) is 0 Å².